The van der Waals surface area contributed by atoms with Gasteiger partial charge < -0.3 is 5.32 Å². The average Bonchev–Trinajstić information content (AvgIpc) is 2.17. The fourth-order valence-corrected chi connectivity index (χ4v) is 2.80. The van der Waals surface area contributed by atoms with Crippen molar-refractivity contribution >= 4 is 22.6 Å². The van der Waals surface area contributed by atoms with Crippen molar-refractivity contribution in [3.8, 4) is 0 Å². The molecule has 1 aliphatic heterocycles. The molecule has 1 aromatic rings. The molecule has 0 bridgehead atoms. The molecule has 0 fully saturated rings. The minimum atomic E-state index is 0.417. The lowest BCUT2D eigenvalue weighted by atomic mass is 10.2. The first-order valence-corrected chi connectivity index (χ1v) is 6.03. The van der Waals surface area contributed by atoms with Crippen molar-refractivity contribution in [1.82, 2.24) is 4.98 Å². The molecule has 15 heavy (non-hydrogen) atoms. The van der Waals surface area contributed by atoms with E-state index in [1.54, 1.807) is 18.0 Å². The number of hydrogen-bond donors (Lipinski definition) is 1. The molecule has 0 radical (unpaired) electrons. The molecular weight excluding hydrogens is 206 g/mol. The number of nitrogens with zero attached hydrogens (tertiary/aromatic N) is 2. The van der Waals surface area contributed by atoms with Crippen LogP contribution in [-0.2, 0) is 0 Å². The molecule has 1 aromatic heterocycles. The topological polar surface area (TPSA) is 37.3 Å². The number of rotatable bonds is 1. The second-order valence-corrected chi connectivity index (χ2v) is 5.24. The molecule has 1 N–H and O–H groups in total. The smallest absolute Gasteiger partial charge is 0.161 e. The summed E-state index contributed by atoms with van der Waals surface area (Å²) in [7, 11) is 0. The van der Waals surface area contributed by atoms with Crippen LogP contribution in [0, 0.1) is 0 Å². The lowest BCUT2D eigenvalue weighted by Gasteiger charge is -2.22. The van der Waals surface area contributed by atoms with Crippen molar-refractivity contribution in [2.24, 2.45) is 4.99 Å². The number of aromatic nitrogens is 1. The van der Waals surface area contributed by atoms with Crippen LogP contribution in [0.25, 0.3) is 0 Å². The molecule has 2 unspecified atom stereocenters. The zero-order valence-electron chi connectivity index (χ0n) is 8.97. The SMILES string of the molecule is CC1CC(C)SC(Nc2cccnc2)=N1. The van der Waals surface area contributed by atoms with Gasteiger partial charge in [-0.05, 0) is 25.5 Å². The number of hydrogen-bond acceptors (Lipinski definition) is 4. The van der Waals surface area contributed by atoms with Crippen molar-refractivity contribution in [2.75, 3.05) is 5.32 Å². The maximum atomic E-state index is 4.57. The Morgan fingerprint density at radius 3 is 3.00 bits per heavy atom. The van der Waals surface area contributed by atoms with Crippen molar-refractivity contribution < 1.29 is 0 Å². The van der Waals surface area contributed by atoms with E-state index in [0.29, 0.717) is 11.3 Å². The van der Waals surface area contributed by atoms with Gasteiger partial charge in [-0.3, -0.25) is 9.98 Å². The van der Waals surface area contributed by atoms with E-state index in [1.807, 2.05) is 18.3 Å². The van der Waals surface area contributed by atoms with E-state index in [1.165, 1.54) is 0 Å². The Labute approximate surface area is 94.4 Å². The lowest BCUT2D eigenvalue weighted by Crippen LogP contribution is -2.22. The molecule has 0 amide bonds. The minimum Gasteiger partial charge on any atom is -0.334 e. The monoisotopic (exact) mass is 221 g/mol. The van der Waals surface area contributed by atoms with E-state index >= 15 is 0 Å². The van der Waals surface area contributed by atoms with E-state index in [4.69, 9.17) is 0 Å². The second kappa shape index (κ2) is 4.66. The minimum absolute atomic E-state index is 0.417. The first-order chi connectivity index (χ1) is 7.24. The molecule has 0 saturated heterocycles. The van der Waals surface area contributed by atoms with E-state index in [0.717, 1.165) is 17.3 Å². The molecule has 3 nitrogen and oxygen atoms in total. The van der Waals surface area contributed by atoms with Gasteiger partial charge in [0.05, 0.1) is 17.9 Å². The quantitative estimate of drug-likeness (QED) is 0.792. The summed E-state index contributed by atoms with van der Waals surface area (Å²) in [4.78, 5) is 8.63. The van der Waals surface area contributed by atoms with Gasteiger partial charge in [0, 0.05) is 11.4 Å². The third-order valence-corrected chi connectivity index (χ3v) is 3.26. The number of thioether (sulfide) groups is 1. The Morgan fingerprint density at radius 1 is 1.47 bits per heavy atom. The van der Waals surface area contributed by atoms with Gasteiger partial charge >= 0.3 is 0 Å². The van der Waals surface area contributed by atoms with E-state index < -0.39 is 0 Å². The van der Waals surface area contributed by atoms with Gasteiger partial charge in [-0.1, -0.05) is 18.7 Å². The fourth-order valence-electron chi connectivity index (χ4n) is 1.62. The van der Waals surface area contributed by atoms with Crippen LogP contribution in [0.3, 0.4) is 0 Å². The predicted molar refractivity (Wildman–Crippen MR) is 66.4 cm³/mol. The van der Waals surface area contributed by atoms with Crippen molar-refractivity contribution in [3.63, 3.8) is 0 Å². The number of pyridine rings is 1. The van der Waals surface area contributed by atoms with Crippen LogP contribution in [0.4, 0.5) is 5.69 Å². The molecule has 80 valence electrons. The third-order valence-electron chi connectivity index (χ3n) is 2.24. The summed E-state index contributed by atoms with van der Waals surface area (Å²) in [6.07, 6.45) is 4.74. The average molecular weight is 221 g/mol. The van der Waals surface area contributed by atoms with E-state index in [-0.39, 0.29) is 0 Å². The largest absolute Gasteiger partial charge is 0.334 e. The second-order valence-electron chi connectivity index (χ2n) is 3.81. The van der Waals surface area contributed by atoms with Crippen LogP contribution in [0.1, 0.15) is 20.3 Å². The van der Waals surface area contributed by atoms with Crippen LogP contribution < -0.4 is 5.32 Å². The highest BCUT2D eigenvalue weighted by atomic mass is 32.2. The molecule has 4 heteroatoms. The van der Waals surface area contributed by atoms with Crippen LogP contribution >= 0.6 is 11.8 Å². The number of nitrogens with one attached hydrogen (secondary N) is 1. The Kier molecular flexibility index (Phi) is 3.26. The maximum absolute atomic E-state index is 4.57. The third kappa shape index (κ3) is 2.96. The molecule has 0 saturated carbocycles. The molecule has 2 heterocycles. The van der Waals surface area contributed by atoms with Crippen LogP contribution in [0.2, 0.25) is 0 Å². The standard InChI is InChI=1S/C11H15N3S/c1-8-6-9(2)15-11(13-8)14-10-4-3-5-12-7-10/h3-5,7-9H,6H2,1-2H3,(H,13,14). The summed E-state index contributed by atoms with van der Waals surface area (Å²) in [5, 5.41) is 4.94. The zero-order chi connectivity index (χ0) is 10.7. The number of anilines is 1. The fraction of sp³-hybridized carbons (Fsp3) is 0.455. The first kappa shape index (κ1) is 10.5. The van der Waals surface area contributed by atoms with Gasteiger partial charge in [0.15, 0.2) is 5.17 Å². The predicted octanol–water partition coefficient (Wildman–Crippen LogP) is 2.76. The molecule has 2 rings (SSSR count). The van der Waals surface area contributed by atoms with Crippen molar-refractivity contribution in [1.29, 1.82) is 0 Å². The Hall–Kier alpha value is -1.03. The van der Waals surface area contributed by atoms with Gasteiger partial charge in [0.1, 0.15) is 0 Å². The van der Waals surface area contributed by atoms with Crippen LogP contribution in [0.5, 0.6) is 0 Å². The normalized spacial score (nSPS) is 25.9. The highest BCUT2D eigenvalue weighted by molar-refractivity contribution is 8.14. The molecule has 0 spiro atoms. The Morgan fingerprint density at radius 2 is 2.33 bits per heavy atom. The summed E-state index contributed by atoms with van der Waals surface area (Å²) in [5.74, 6) is 0. The van der Waals surface area contributed by atoms with Crippen molar-refractivity contribution in [2.45, 2.75) is 31.6 Å². The summed E-state index contributed by atoms with van der Waals surface area (Å²) < 4.78 is 0. The summed E-state index contributed by atoms with van der Waals surface area (Å²) in [6.45, 7) is 4.39. The lowest BCUT2D eigenvalue weighted by molar-refractivity contribution is 0.661. The summed E-state index contributed by atoms with van der Waals surface area (Å²) >= 11 is 1.80. The summed E-state index contributed by atoms with van der Waals surface area (Å²) in [5.41, 5.74) is 1.00. The Balaban J connectivity index is 2.06. The maximum Gasteiger partial charge on any atom is 0.161 e. The van der Waals surface area contributed by atoms with Gasteiger partial charge in [0.2, 0.25) is 0 Å². The van der Waals surface area contributed by atoms with Gasteiger partial charge in [-0.15, -0.1) is 0 Å². The highest BCUT2D eigenvalue weighted by Crippen LogP contribution is 2.25. The molecular formula is C11H15N3S. The molecule has 0 aromatic carbocycles. The molecule has 1 aliphatic rings. The number of aliphatic imine (C=N–C) groups is 1. The number of amidine groups is 1. The van der Waals surface area contributed by atoms with E-state index in [2.05, 4.69) is 29.1 Å². The van der Waals surface area contributed by atoms with E-state index in [9.17, 15) is 0 Å². The summed E-state index contributed by atoms with van der Waals surface area (Å²) in [6, 6.07) is 4.34. The highest BCUT2D eigenvalue weighted by Gasteiger charge is 2.18. The Bertz CT molecular complexity index is 350. The van der Waals surface area contributed by atoms with Crippen LogP contribution in [0.15, 0.2) is 29.5 Å². The molecule has 2 atom stereocenters. The van der Waals surface area contributed by atoms with Gasteiger partial charge in [-0.25, -0.2) is 0 Å². The first-order valence-electron chi connectivity index (χ1n) is 5.15. The van der Waals surface area contributed by atoms with Crippen molar-refractivity contribution in [3.05, 3.63) is 24.5 Å². The molecule has 0 aliphatic carbocycles. The van der Waals surface area contributed by atoms with Gasteiger partial charge in [-0.2, -0.15) is 0 Å². The van der Waals surface area contributed by atoms with Gasteiger partial charge in [0.25, 0.3) is 0 Å². The zero-order valence-corrected chi connectivity index (χ0v) is 9.79. The van der Waals surface area contributed by atoms with Crippen LogP contribution in [-0.4, -0.2) is 21.4 Å².